The predicted octanol–water partition coefficient (Wildman–Crippen LogP) is 6.16. The van der Waals surface area contributed by atoms with E-state index < -0.39 is 15.9 Å². The van der Waals surface area contributed by atoms with Gasteiger partial charge in [-0.15, -0.1) is 0 Å². The first-order chi connectivity index (χ1) is 19.8. The van der Waals surface area contributed by atoms with Crippen molar-refractivity contribution < 1.29 is 17.9 Å². The highest BCUT2D eigenvalue weighted by Crippen LogP contribution is 2.38. The number of aromatic nitrogens is 2. The van der Waals surface area contributed by atoms with E-state index in [1.165, 1.54) is 16.7 Å². The van der Waals surface area contributed by atoms with Crippen molar-refractivity contribution in [3.63, 3.8) is 0 Å². The lowest BCUT2D eigenvalue weighted by atomic mass is 10.1. The maximum Gasteiger partial charge on any atom is 0.266 e. The average Bonchev–Trinajstić information content (AvgIpc) is 3.63. The fourth-order valence-electron chi connectivity index (χ4n) is 4.83. The molecule has 4 aromatic rings. The number of carbonyl (C=O) groups excluding carboxylic acids is 1. The topological polar surface area (TPSA) is 81.5 Å². The van der Waals surface area contributed by atoms with Crippen LogP contribution in [0, 0.1) is 0 Å². The summed E-state index contributed by atoms with van der Waals surface area (Å²) in [6, 6.07) is 24.4. The number of benzene rings is 3. The van der Waals surface area contributed by atoms with Gasteiger partial charge in [-0.3, -0.25) is 9.69 Å². The van der Waals surface area contributed by atoms with Crippen molar-refractivity contribution in [1.29, 1.82) is 0 Å². The van der Waals surface area contributed by atoms with Gasteiger partial charge in [-0.2, -0.15) is 5.10 Å². The van der Waals surface area contributed by atoms with Crippen molar-refractivity contribution in [1.82, 2.24) is 14.7 Å². The molecule has 2 fully saturated rings. The van der Waals surface area contributed by atoms with E-state index in [1.54, 1.807) is 10.8 Å². The summed E-state index contributed by atoms with van der Waals surface area (Å²) in [5.74, 6) is 0.420. The van der Waals surface area contributed by atoms with E-state index in [9.17, 15) is 13.2 Å². The Morgan fingerprint density at radius 3 is 2.49 bits per heavy atom. The minimum Gasteiger partial charge on any atom is -0.489 e. The highest BCUT2D eigenvalue weighted by molar-refractivity contribution is 8.26. The van der Waals surface area contributed by atoms with Crippen molar-refractivity contribution in [2.75, 3.05) is 11.5 Å². The summed E-state index contributed by atoms with van der Waals surface area (Å²) in [5, 5.41) is 5.51. The zero-order valence-corrected chi connectivity index (χ0v) is 24.8. The van der Waals surface area contributed by atoms with Gasteiger partial charge in [0.15, 0.2) is 9.84 Å². The second-order valence-corrected chi connectivity index (χ2v) is 14.0. The summed E-state index contributed by atoms with van der Waals surface area (Å²) < 4.78 is 32.2. The summed E-state index contributed by atoms with van der Waals surface area (Å²) >= 11 is 12.9. The number of ether oxygens (including phenoxy) is 1. The summed E-state index contributed by atoms with van der Waals surface area (Å²) in [5.41, 5.74) is 4.03. The van der Waals surface area contributed by atoms with E-state index >= 15 is 0 Å². The van der Waals surface area contributed by atoms with E-state index in [-0.39, 0.29) is 17.4 Å². The van der Waals surface area contributed by atoms with Gasteiger partial charge in [-0.05, 0) is 55.0 Å². The second-order valence-electron chi connectivity index (χ2n) is 9.73. The molecular weight excluding hydrogens is 598 g/mol. The van der Waals surface area contributed by atoms with Crippen molar-refractivity contribution in [3.8, 4) is 22.7 Å². The third-order valence-corrected chi connectivity index (χ3v) is 10.4. The summed E-state index contributed by atoms with van der Waals surface area (Å²) in [7, 11) is -3.16. The molecule has 0 unspecified atom stereocenters. The molecule has 3 heterocycles. The minimum atomic E-state index is -3.16. The molecule has 6 rings (SSSR count). The lowest BCUT2D eigenvalue weighted by Crippen LogP contribution is -2.39. The number of hydrogen-bond acceptors (Lipinski definition) is 7. The van der Waals surface area contributed by atoms with Crippen LogP contribution in [0.3, 0.4) is 0 Å². The molecule has 0 bridgehead atoms. The fraction of sp³-hybridized carbons (Fsp3) is 0.167. The Labute approximate surface area is 252 Å². The zero-order valence-electron chi connectivity index (χ0n) is 21.6. The van der Waals surface area contributed by atoms with Crippen molar-refractivity contribution >= 4 is 61.7 Å². The van der Waals surface area contributed by atoms with Crippen LogP contribution in [0.25, 0.3) is 23.0 Å². The van der Waals surface area contributed by atoms with Crippen molar-refractivity contribution in [2.45, 2.75) is 19.1 Å². The molecule has 2 aliphatic heterocycles. The van der Waals surface area contributed by atoms with Crippen LogP contribution in [0.5, 0.6) is 5.75 Å². The summed E-state index contributed by atoms with van der Waals surface area (Å²) in [4.78, 5) is 15.3. The maximum absolute atomic E-state index is 13.4. The summed E-state index contributed by atoms with van der Waals surface area (Å²) in [6.07, 6.45) is 4.05. The van der Waals surface area contributed by atoms with Gasteiger partial charge in [0.05, 0.1) is 33.8 Å². The van der Waals surface area contributed by atoms with Crippen LogP contribution in [-0.2, 0) is 21.2 Å². The SMILES string of the molecule is O=C1/C(=C/c2cn(-c3ccccc3)nc2-c2ccc(OCc3ccccc3Cl)cc2)SC(=S)N1[C@@H]1CCS(=O)(=O)C1. The molecule has 3 aromatic carbocycles. The molecule has 0 aliphatic carbocycles. The molecule has 1 atom stereocenters. The molecule has 41 heavy (non-hydrogen) atoms. The Morgan fingerprint density at radius 2 is 1.78 bits per heavy atom. The number of thioether (sulfide) groups is 1. The smallest absolute Gasteiger partial charge is 0.266 e. The lowest BCUT2D eigenvalue weighted by molar-refractivity contribution is -0.123. The highest BCUT2D eigenvalue weighted by atomic mass is 35.5. The van der Waals surface area contributed by atoms with Crippen LogP contribution in [0.1, 0.15) is 17.5 Å². The van der Waals surface area contributed by atoms with Gasteiger partial charge < -0.3 is 4.74 Å². The molecule has 208 valence electrons. The molecule has 0 N–H and O–H groups in total. The maximum atomic E-state index is 13.4. The number of nitrogens with zero attached hydrogens (tertiary/aromatic N) is 3. The highest BCUT2D eigenvalue weighted by Gasteiger charge is 2.42. The number of thiocarbonyl (C=S) groups is 1. The predicted molar refractivity (Wildman–Crippen MR) is 167 cm³/mol. The quantitative estimate of drug-likeness (QED) is 0.181. The van der Waals surface area contributed by atoms with E-state index in [0.29, 0.717) is 38.7 Å². The molecule has 2 aliphatic rings. The average molecular weight is 622 g/mol. The van der Waals surface area contributed by atoms with Gasteiger partial charge in [-0.25, -0.2) is 13.1 Å². The van der Waals surface area contributed by atoms with Crippen molar-refractivity contribution in [3.05, 3.63) is 106 Å². The Kier molecular flexibility index (Phi) is 7.74. The number of halogens is 1. The van der Waals surface area contributed by atoms with E-state index in [2.05, 4.69) is 0 Å². The molecule has 0 saturated carbocycles. The number of carbonyl (C=O) groups is 1. The van der Waals surface area contributed by atoms with Crippen LogP contribution in [0.4, 0.5) is 0 Å². The Bertz CT molecular complexity index is 1770. The molecule has 2 saturated heterocycles. The van der Waals surface area contributed by atoms with Gasteiger partial charge in [0.1, 0.15) is 16.7 Å². The Morgan fingerprint density at radius 1 is 1.05 bits per heavy atom. The van der Waals surface area contributed by atoms with Crippen molar-refractivity contribution in [2.24, 2.45) is 0 Å². The van der Waals surface area contributed by atoms with E-state index in [1.807, 2.05) is 85.1 Å². The fourth-order valence-corrected chi connectivity index (χ4v) is 8.11. The number of hydrogen-bond donors (Lipinski definition) is 0. The van der Waals surface area contributed by atoms with E-state index in [4.69, 9.17) is 33.7 Å². The van der Waals surface area contributed by atoms with Gasteiger partial charge in [0.25, 0.3) is 5.91 Å². The molecule has 11 heteroatoms. The molecule has 1 aromatic heterocycles. The number of sulfone groups is 1. The van der Waals surface area contributed by atoms with Gasteiger partial charge in [-0.1, -0.05) is 72.0 Å². The Hall–Kier alpha value is -3.44. The first-order valence-corrected chi connectivity index (χ1v) is 16.3. The van der Waals surface area contributed by atoms with Crippen LogP contribution in [0.15, 0.2) is 90.0 Å². The van der Waals surface area contributed by atoms with Crippen LogP contribution < -0.4 is 4.74 Å². The molecule has 0 radical (unpaired) electrons. The van der Waals surface area contributed by atoms with Gasteiger partial charge in [0.2, 0.25) is 0 Å². The third-order valence-electron chi connectivity index (χ3n) is 6.93. The van der Waals surface area contributed by atoms with Crippen LogP contribution in [0.2, 0.25) is 5.02 Å². The normalized spacial score (nSPS) is 19.3. The first kappa shape index (κ1) is 27.7. The minimum absolute atomic E-state index is 0.0607. The first-order valence-electron chi connectivity index (χ1n) is 12.9. The molecule has 7 nitrogen and oxygen atoms in total. The standard InChI is InChI=1S/C30H24ClN3O4S3/c31-26-9-5-4-6-21(26)18-38-25-12-10-20(11-13-25)28-22(17-33(32-28)23-7-2-1-3-8-23)16-27-29(35)34(30(39)40-27)24-14-15-41(36,37)19-24/h1-13,16-17,24H,14-15,18-19H2/b27-16-/t24-/m1/s1. The second kappa shape index (κ2) is 11.4. The Balaban J connectivity index is 1.30. The number of amides is 1. The van der Waals surface area contributed by atoms with Crippen LogP contribution in [-0.4, -0.2) is 50.9 Å². The number of para-hydroxylation sites is 1. The molecule has 0 spiro atoms. The van der Waals surface area contributed by atoms with Crippen LogP contribution >= 0.6 is 35.6 Å². The summed E-state index contributed by atoms with van der Waals surface area (Å²) in [6.45, 7) is 0.344. The van der Waals surface area contributed by atoms with E-state index in [0.717, 1.165) is 22.4 Å². The third kappa shape index (κ3) is 5.97. The van der Waals surface area contributed by atoms with Gasteiger partial charge >= 0.3 is 0 Å². The number of rotatable bonds is 7. The lowest BCUT2D eigenvalue weighted by Gasteiger charge is -2.20. The monoisotopic (exact) mass is 621 g/mol. The molecular formula is C30H24ClN3O4S3. The van der Waals surface area contributed by atoms with Gasteiger partial charge in [0, 0.05) is 27.9 Å². The zero-order chi connectivity index (χ0) is 28.6. The largest absolute Gasteiger partial charge is 0.489 e. The molecule has 1 amide bonds.